The van der Waals surface area contributed by atoms with Crippen LogP contribution in [0.15, 0.2) is 24.3 Å². The minimum absolute atomic E-state index is 0.0786. The standard InChI is InChI=1S/C12H13ClN2O/c1-9(6-7-14)15-12(16)8-10-2-4-11(13)5-3-10/h2-5,9H,6,8H2,1H3,(H,15,16). The zero-order valence-corrected chi connectivity index (χ0v) is 9.79. The van der Waals surface area contributed by atoms with Crippen LogP contribution in [-0.4, -0.2) is 11.9 Å². The second-order valence-corrected chi connectivity index (χ2v) is 4.07. The number of carbonyl (C=O) groups is 1. The van der Waals surface area contributed by atoms with E-state index in [-0.39, 0.29) is 11.9 Å². The molecule has 1 rings (SSSR count). The van der Waals surface area contributed by atoms with E-state index in [9.17, 15) is 4.79 Å². The zero-order chi connectivity index (χ0) is 12.0. The molecule has 1 aromatic rings. The smallest absolute Gasteiger partial charge is 0.224 e. The topological polar surface area (TPSA) is 52.9 Å². The van der Waals surface area contributed by atoms with Crippen molar-refractivity contribution in [3.63, 3.8) is 0 Å². The predicted molar refractivity (Wildman–Crippen MR) is 63.0 cm³/mol. The molecule has 84 valence electrons. The highest BCUT2D eigenvalue weighted by molar-refractivity contribution is 6.30. The quantitative estimate of drug-likeness (QED) is 0.872. The number of hydrogen-bond donors (Lipinski definition) is 1. The second kappa shape index (κ2) is 6.14. The summed E-state index contributed by atoms with van der Waals surface area (Å²) in [7, 11) is 0. The number of hydrogen-bond acceptors (Lipinski definition) is 2. The number of halogens is 1. The number of amides is 1. The van der Waals surface area contributed by atoms with Gasteiger partial charge in [-0.2, -0.15) is 5.26 Å². The van der Waals surface area contributed by atoms with Crippen molar-refractivity contribution in [2.45, 2.75) is 25.8 Å². The molecule has 0 saturated carbocycles. The van der Waals surface area contributed by atoms with Crippen LogP contribution in [0, 0.1) is 11.3 Å². The van der Waals surface area contributed by atoms with Gasteiger partial charge in [0.15, 0.2) is 0 Å². The third kappa shape index (κ3) is 4.33. The van der Waals surface area contributed by atoms with Crippen LogP contribution in [-0.2, 0) is 11.2 Å². The number of nitriles is 1. The molecule has 16 heavy (non-hydrogen) atoms. The van der Waals surface area contributed by atoms with E-state index in [1.54, 1.807) is 12.1 Å². The van der Waals surface area contributed by atoms with Crippen molar-refractivity contribution >= 4 is 17.5 Å². The molecule has 0 saturated heterocycles. The molecule has 4 heteroatoms. The van der Waals surface area contributed by atoms with Crippen molar-refractivity contribution in [2.75, 3.05) is 0 Å². The fourth-order valence-electron chi connectivity index (χ4n) is 1.30. The van der Waals surface area contributed by atoms with Gasteiger partial charge in [0, 0.05) is 11.1 Å². The van der Waals surface area contributed by atoms with Crippen LogP contribution in [0.1, 0.15) is 18.9 Å². The van der Waals surface area contributed by atoms with E-state index in [0.29, 0.717) is 17.9 Å². The lowest BCUT2D eigenvalue weighted by Gasteiger charge is -2.10. The Hall–Kier alpha value is -1.53. The van der Waals surface area contributed by atoms with E-state index in [0.717, 1.165) is 5.56 Å². The summed E-state index contributed by atoms with van der Waals surface area (Å²) in [6.45, 7) is 1.81. The van der Waals surface area contributed by atoms with Crippen LogP contribution in [0.25, 0.3) is 0 Å². The largest absolute Gasteiger partial charge is 0.352 e. The summed E-state index contributed by atoms with van der Waals surface area (Å²) in [5.41, 5.74) is 0.908. The summed E-state index contributed by atoms with van der Waals surface area (Å²) in [6, 6.07) is 9.04. The molecule has 1 amide bonds. The Morgan fingerprint density at radius 2 is 2.12 bits per heavy atom. The highest BCUT2D eigenvalue weighted by Crippen LogP contribution is 2.09. The lowest BCUT2D eigenvalue weighted by molar-refractivity contribution is -0.121. The Kier molecular flexibility index (Phi) is 4.81. The molecule has 0 aliphatic carbocycles. The normalized spacial score (nSPS) is 11.6. The van der Waals surface area contributed by atoms with Gasteiger partial charge in [0.05, 0.1) is 18.9 Å². The molecule has 1 unspecified atom stereocenters. The summed E-state index contributed by atoms with van der Waals surface area (Å²) >= 11 is 5.74. The average Bonchev–Trinajstić information content (AvgIpc) is 2.21. The van der Waals surface area contributed by atoms with Gasteiger partial charge < -0.3 is 5.32 Å². The Labute approximate surface area is 100 Å². The summed E-state index contributed by atoms with van der Waals surface area (Å²) in [5, 5.41) is 11.9. The second-order valence-electron chi connectivity index (χ2n) is 3.63. The fraction of sp³-hybridized carbons (Fsp3) is 0.333. The van der Waals surface area contributed by atoms with Gasteiger partial charge in [-0.25, -0.2) is 0 Å². The summed E-state index contributed by atoms with van der Waals surface area (Å²) < 4.78 is 0. The van der Waals surface area contributed by atoms with Crippen LogP contribution < -0.4 is 5.32 Å². The van der Waals surface area contributed by atoms with Crippen LogP contribution in [0.4, 0.5) is 0 Å². The molecule has 0 bridgehead atoms. The van der Waals surface area contributed by atoms with Gasteiger partial charge in [-0.3, -0.25) is 4.79 Å². The van der Waals surface area contributed by atoms with Gasteiger partial charge in [-0.15, -0.1) is 0 Å². The molecule has 0 fully saturated rings. The van der Waals surface area contributed by atoms with Crippen LogP contribution in [0.2, 0.25) is 5.02 Å². The van der Waals surface area contributed by atoms with E-state index in [1.807, 2.05) is 25.1 Å². The Morgan fingerprint density at radius 1 is 1.50 bits per heavy atom. The molecular weight excluding hydrogens is 224 g/mol. The molecule has 1 atom stereocenters. The first-order valence-electron chi connectivity index (χ1n) is 5.02. The first-order valence-corrected chi connectivity index (χ1v) is 5.40. The van der Waals surface area contributed by atoms with Gasteiger partial charge in [0.1, 0.15) is 0 Å². The Balaban J connectivity index is 2.46. The van der Waals surface area contributed by atoms with Gasteiger partial charge in [-0.05, 0) is 24.6 Å². The van der Waals surface area contributed by atoms with E-state index in [2.05, 4.69) is 5.32 Å². The molecule has 0 aromatic heterocycles. The lowest BCUT2D eigenvalue weighted by atomic mass is 10.1. The van der Waals surface area contributed by atoms with Gasteiger partial charge in [0.25, 0.3) is 0 Å². The number of nitrogens with one attached hydrogen (secondary N) is 1. The van der Waals surface area contributed by atoms with E-state index in [4.69, 9.17) is 16.9 Å². The van der Waals surface area contributed by atoms with Crippen LogP contribution >= 0.6 is 11.6 Å². The number of benzene rings is 1. The maximum Gasteiger partial charge on any atom is 0.224 e. The van der Waals surface area contributed by atoms with E-state index >= 15 is 0 Å². The zero-order valence-electron chi connectivity index (χ0n) is 9.03. The first-order chi connectivity index (χ1) is 7.61. The maximum atomic E-state index is 11.5. The number of carbonyl (C=O) groups excluding carboxylic acids is 1. The van der Waals surface area contributed by atoms with Crippen molar-refractivity contribution in [3.05, 3.63) is 34.9 Å². The van der Waals surface area contributed by atoms with E-state index < -0.39 is 0 Å². The minimum atomic E-state index is -0.107. The molecular formula is C12H13ClN2O. The summed E-state index contributed by atoms with van der Waals surface area (Å²) in [6.07, 6.45) is 0.638. The molecule has 0 aliphatic heterocycles. The van der Waals surface area contributed by atoms with E-state index in [1.165, 1.54) is 0 Å². The van der Waals surface area contributed by atoms with Gasteiger partial charge in [-0.1, -0.05) is 23.7 Å². The van der Waals surface area contributed by atoms with Crippen molar-refractivity contribution in [3.8, 4) is 6.07 Å². The van der Waals surface area contributed by atoms with Crippen molar-refractivity contribution in [2.24, 2.45) is 0 Å². The van der Waals surface area contributed by atoms with Crippen molar-refractivity contribution in [1.29, 1.82) is 5.26 Å². The predicted octanol–water partition coefficient (Wildman–Crippen LogP) is 2.30. The molecule has 0 heterocycles. The third-order valence-electron chi connectivity index (χ3n) is 2.08. The Bertz CT molecular complexity index is 394. The lowest BCUT2D eigenvalue weighted by Crippen LogP contribution is -2.33. The Morgan fingerprint density at radius 3 is 2.69 bits per heavy atom. The molecule has 3 nitrogen and oxygen atoms in total. The average molecular weight is 237 g/mol. The highest BCUT2D eigenvalue weighted by atomic mass is 35.5. The van der Waals surface area contributed by atoms with Gasteiger partial charge >= 0.3 is 0 Å². The molecule has 0 radical (unpaired) electrons. The maximum absolute atomic E-state index is 11.5. The third-order valence-corrected chi connectivity index (χ3v) is 2.33. The van der Waals surface area contributed by atoms with Crippen LogP contribution in [0.3, 0.4) is 0 Å². The van der Waals surface area contributed by atoms with Crippen LogP contribution in [0.5, 0.6) is 0 Å². The monoisotopic (exact) mass is 236 g/mol. The molecule has 1 aromatic carbocycles. The first kappa shape index (κ1) is 12.5. The number of rotatable bonds is 4. The fourth-order valence-corrected chi connectivity index (χ4v) is 1.43. The highest BCUT2D eigenvalue weighted by Gasteiger charge is 2.07. The number of nitrogens with zero attached hydrogens (tertiary/aromatic N) is 1. The summed E-state index contributed by atoms with van der Waals surface area (Å²) in [4.78, 5) is 11.5. The minimum Gasteiger partial charge on any atom is -0.352 e. The van der Waals surface area contributed by atoms with Crippen molar-refractivity contribution in [1.82, 2.24) is 5.32 Å². The molecule has 1 N–H and O–H groups in total. The SMILES string of the molecule is CC(CC#N)NC(=O)Cc1ccc(Cl)cc1. The van der Waals surface area contributed by atoms with Gasteiger partial charge in [0.2, 0.25) is 5.91 Å². The summed E-state index contributed by atoms with van der Waals surface area (Å²) in [5.74, 6) is -0.0786. The molecule has 0 aliphatic rings. The molecule has 0 spiro atoms. The van der Waals surface area contributed by atoms with Crippen molar-refractivity contribution < 1.29 is 4.79 Å².